The molecule has 1 aromatic rings. The number of aliphatic hydroxyl groups is 1. The van der Waals surface area contributed by atoms with Crippen molar-refractivity contribution < 1.29 is 9.90 Å². The molecule has 2 amide bonds. The summed E-state index contributed by atoms with van der Waals surface area (Å²) in [6, 6.07) is 10.1. The lowest BCUT2D eigenvalue weighted by Crippen LogP contribution is -2.42. The van der Waals surface area contributed by atoms with Crippen molar-refractivity contribution in [3.05, 3.63) is 35.9 Å². The average Bonchev–Trinajstić information content (AvgIpc) is 2.61. The van der Waals surface area contributed by atoms with Crippen molar-refractivity contribution in [3.8, 4) is 0 Å². The lowest BCUT2D eigenvalue weighted by atomic mass is 9.83. The molecule has 4 nitrogen and oxygen atoms in total. The molecule has 4 heteroatoms. The Morgan fingerprint density at radius 3 is 2.54 bits per heavy atom. The van der Waals surface area contributed by atoms with E-state index in [-0.39, 0.29) is 18.6 Å². The maximum atomic E-state index is 12.4. The topological polar surface area (TPSA) is 52.6 Å². The van der Waals surface area contributed by atoms with Crippen molar-refractivity contribution in [2.75, 3.05) is 26.7 Å². The maximum Gasteiger partial charge on any atom is 0.317 e. The lowest BCUT2D eigenvalue weighted by Gasteiger charge is -2.30. The number of hydrogen-bond acceptors (Lipinski definition) is 2. The minimum Gasteiger partial charge on any atom is -0.396 e. The molecule has 0 heterocycles. The third-order valence-electron chi connectivity index (χ3n) is 5.26. The third kappa shape index (κ3) is 5.82. The molecule has 0 aliphatic heterocycles. The second-order valence-corrected chi connectivity index (χ2v) is 7.31. The van der Waals surface area contributed by atoms with Gasteiger partial charge in [-0.1, -0.05) is 50.1 Å². The van der Waals surface area contributed by atoms with Crippen molar-refractivity contribution in [2.24, 2.45) is 11.8 Å². The Hall–Kier alpha value is -1.55. The zero-order valence-corrected chi connectivity index (χ0v) is 15.1. The van der Waals surface area contributed by atoms with Gasteiger partial charge in [-0.15, -0.1) is 0 Å². The van der Waals surface area contributed by atoms with Crippen molar-refractivity contribution in [2.45, 2.75) is 44.9 Å². The monoisotopic (exact) mass is 332 g/mol. The second kappa shape index (κ2) is 9.67. The molecule has 2 rings (SSSR count). The number of nitrogens with zero attached hydrogens (tertiary/aromatic N) is 1. The van der Waals surface area contributed by atoms with Crippen LogP contribution < -0.4 is 5.32 Å². The van der Waals surface area contributed by atoms with Gasteiger partial charge in [-0.05, 0) is 36.7 Å². The lowest BCUT2D eigenvalue weighted by molar-refractivity contribution is 0.184. The van der Waals surface area contributed by atoms with Crippen molar-refractivity contribution in [1.29, 1.82) is 0 Å². The van der Waals surface area contributed by atoms with E-state index in [1.807, 2.05) is 30.1 Å². The fraction of sp³-hybridized carbons (Fsp3) is 0.650. The molecule has 1 saturated carbocycles. The molecular weight excluding hydrogens is 300 g/mol. The molecule has 24 heavy (non-hydrogen) atoms. The summed E-state index contributed by atoms with van der Waals surface area (Å²) in [7, 11) is 1.89. The Labute approximate surface area is 146 Å². The number of benzene rings is 1. The second-order valence-electron chi connectivity index (χ2n) is 7.31. The van der Waals surface area contributed by atoms with Crippen molar-refractivity contribution in [1.82, 2.24) is 10.2 Å². The molecular formula is C20H32N2O2. The summed E-state index contributed by atoms with van der Waals surface area (Å²) in [4.78, 5) is 14.2. The van der Waals surface area contributed by atoms with Gasteiger partial charge in [0.15, 0.2) is 0 Å². The number of rotatable bonds is 7. The molecule has 134 valence electrons. The summed E-state index contributed by atoms with van der Waals surface area (Å²) in [5.41, 5.74) is 1.16. The zero-order chi connectivity index (χ0) is 17.4. The van der Waals surface area contributed by atoms with E-state index in [2.05, 4.69) is 24.4 Å². The van der Waals surface area contributed by atoms with E-state index in [0.717, 1.165) is 18.0 Å². The smallest absolute Gasteiger partial charge is 0.317 e. The van der Waals surface area contributed by atoms with Gasteiger partial charge in [-0.3, -0.25) is 0 Å². The predicted octanol–water partition coefficient (Wildman–Crippen LogP) is 3.62. The molecule has 2 N–H and O–H groups in total. The maximum absolute atomic E-state index is 12.4. The fourth-order valence-corrected chi connectivity index (χ4v) is 3.59. The molecule has 0 radical (unpaired) electrons. The minimum atomic E-state index is -0.00695. The Kier molecular flexibility index (Phi) is 7.57. The largest absolute Gasteiger partial charge is 0.396 e. The first-order chi connectivity index (χ1) is 11.6. The highest BCUT2D eigenvalue weighted by molar-refractivity contribution is 5.73. The standard InChI is InChI=1S/C20H32N2O2/c1-16-8-10-17(11-9-16)15-22(2)20(24)21-14-19(12-13-23)18-6-4-3-5-7-18/h3-7,16-17,19,23H,8-15H2,1-2H3,(H,21,24). The summed E-state index contributed by atoms with van der Waals surface area (Å²) < 4.78 is 0. The van der Waals surface area contributed by atoms with Crippen molar-refractivity contribution >= 4 is 6.03 Å². The number of nitrogens with one attached hydrogen (secondary N) is 1. The number of carbonyl (C=O) groups excluding carboxylic acids is 1. The summed E-state index contributed by atoms with van der Waals surface area (Å²) in [5.74, 6) is 1.63. The molecule has 1 fully saturated rings. The predicted molar refractivity (Wildman–Crippen MR) is 98.0 cm³/mol. The molecule has 0 spiro atoms. The average molecular weight is 332 g/mol. The quantitative estimate of drug-likeness (QED) is 0.801. The molecule has 0 saturated heterocycles. The van der Waals surface area contributed by atoms with E-state index in [1.54, 1.807) is 0 Å². The van der Waals surface area contributed by atoms with Crippen molar-refractivity contribution in [3.63, 3.8) is 0 Å². The molecule has 1 aliphatic rings. The highest BCUT2D eigenvalue weighted by Crippen LogP contribution is 2.28. The van der Waals surface area contributed by atoms with Crippen LogP contribution in [0.15, 0.2) is 30.3 Å². The van der Waals surface area contributed by atoms with Gasteiger partial charge in [-0.25, -0.2) is 4.79 Å². The molecule has 1 atom stereocenters. The normalized spacial score (nSPS) is 22.0. The van der Waals surface area contributed by atoms with Crippen LogP contribution in [0.25, 0.3) is 0 Å². The first-order valence-corrected chi connectivity index (χ1v) is 9.25. The molecule has 1 aliphatic carbocycles. The summed E-state index contributed by atoms with van der Waals surface area (Å²) >= 11 is 0. The summed E-state index contributed by atoms with van der Waals surface area (Å²) in [6.07, 6.45) is 5.69. The van der Waals surface area contributed by atoms with Gasteiger partial charge < -0.3 is 15.3 Å². The van der Waals surface area contributed by atoms with Crippen LogP contribution in [0.1, 0.15) is 50.5 Å². The first-order valence-electron chi connectivity index (χ1n) is 9.25. The Morgan fingerprint density at radius 2 is 1.92 bits per heavy atom. The van der Waals surface area contributed by atoms with Crippen LogP contribution in [0.4, 0.5) is 4.79 Å². The first kappa shape index (κ1) is 18.8. The third-order valence-corrected chi connectivity index (χ3v) is 5.26. The van der Waals surface area contributed by atoms with Gasteiger partial charge in [0.25, 0.3) is 0 Å². The number of aliphatic hydroxyl groups excluding tert-OH is 1. The molecule has 0 bridgehead atoms. The number of hydrogen-bond donors (Lipinski definition) is 2. The highest BCUT2D eigenvalue weighted by atomic mass is 16.3. The zero-order valence-electron chi connectivity index (χ0n) is 15.1. The van der Waals surface area contributed by atoms with Crippen LogP contribution in [0.3, 0.4) is 0 Å². The van der Waals surface area contributed by atoms with Gasteiger partial charge in [0.05, 0.1) is 0 Å². The van der Waals surface area contributed by atoms with Crippen LogP contribution in [0.5, 0.6) is 0 Å². The van der Waals surface area contributed by atoms with E-state index < -0.39 is 0 Å². The van der Waals surface area contributed by atoms with Gasteiger partial charge in [0, 0.05) is 32.7 Å². The van der Waals surface area contributed by atoms with Gasteiger partial charge in [0.2, 0.25) is 0 Å². The number of carbonyl (C=O) groups is 1. The van der Waals surface area contributed by atoms with Crippen LogP contribution in [0, 0.1) is 11.8 Å². The van der Waals surface area contributed by atoms with E-state index >= 15 is 0 Å². The van der Waals surface area contributed by atoms with Gasteiger partial charge in [-0.2, -0.15) is 0 Å². The Balaban J connectivity index is 1.79. The van der Waals surface area contributed by atoms with Crippen LogP contribution >= 0.6 is 0 Å². The van der Waals surface area contributed by atoms with E-state index in [0.29, 0.717) is 18.9 Å². The van der Waals surface area contributed by atoms with Gasteiger partial charge in [0.1, 0.15) is 0 Å². The van der Waals surface area contributed by atoms with E-state index in [1.165, 1.54) is 25.7 Å². The molecule has 1 aromatic carbocycles. The summed E-state index contributed by atoms with van der Waals surface area (Å²) in [5, 5.41) is 12.3. The number of amides is 2. The number of urea groups is 1. The SMILES string of the molecule is CC1CCC(CN(C)C(=O)NCC(CCO)c2ccccc2)CC1. The van der Waals surface area contributed by atoms with Crippen LogP contribution in [0.2, 0.25) is 0 Å². The Morgan fingerprint density at radius 1 is 1.25 bits per heavy atom. The van der Waals surface area contributed by atoms with Crippen LogP contribution in [-0.4, -0.2) is 42.8 Å². The highest BCUT2D eigenvalue weighted by Gasteiger charge is 2.21. The fourth-order valence-electron chi connectivity index (χ4n) is 3.59. The van der Waals surface area contributed by atoms with E-state index in [4.69, 9.17) is 0 Å². The molecule has 0 aromatic heterocycles. The molecule has 1 unspecified atom stereocenters. The van der Waals surface area contributed by atoms with E-state index in [9.17, 15) is 9.90 Å². The van der Waals surface area contributed by atoms with Crippen LogP contribution in [-0.2, 0) is 0 Å². The summed E-state index contributed by atoms with van der Waals surface area (Å²) in [6.45, 7) is 3.85. The Bertz CT molecular complexity index is 484. The van der Waals surface area contributed by atoms with Gasteiger partial charge >= 0.3 is 6.03 Å². The minimum absolute atomic E-state index is 0.00695.